The van der Waals surface area contributed by atoms with Crippen LogP contribution in [0, 0.1) is 12.7 Å². The Bertz CT molecular complexity index is 408. The topological polar surface area (TPSA) is 44.7 Å². The van der Waals surface area contributed by atoms with Crippen LogP contribution in [0.2, 0.25) is 0 Å². The number of hydrogen-bond donors (Lipinski definition) is 2. The summed E-state index contributed by atoms with van der Waals surface area (Å²) in [4.78, 5) is 2.16. The molecule has 1 aliphatic heterocycles. The van der Waals surface area contributed by atoms with Gasteiger partial charge >= 0.3 is 0 Å². The molecule has 2 N–H and O–H groups in total. The van der Waals surface area contributed by atoms with Gasteiger partial charge in [-0.3, -0.25) is 4.90 Å². The summed E-state index contributed by atoms with van der Waals surface area (Å²) < 4.78 is 18.8. The molecule has 1 aromatic rings. The molecule has 0 aromatic heterocycles. The lowest BCUT2D eigenvalue weighted by molar-refractivity contribution is 0.0171. The van der Waals surface area contributed by atoms with Crippen molar-refractivity contribution in [2.75, 3.05) is 44.7 Å². The molecule has 0 radical (unpaired) electrons. The van der Waals surface area contributed by atoms with Crippen LogP contribution in [0.3, 0.4) is 0 Å². The maximum absolute atomic E-state index is 13.5. The second kappa shape index (κ2) is 6.84. The second-order valence-corrected chi connectivity index (χ2v) is 4.93. The standard InChI is InChI=1S/C14H21FN2O2/c1-11-2-3-13(15)14(8-11)16-9-12(18)10-17-4-6-19-7-5-17/h2-3,8,12,16,18H,4-7,9-10H2,1H3. The third-order valence-corrected chi connectivity index (χ3v) is 3.22. The van der Waals surface area contributed by atoms with Gasteiger partial charge in [0.1, 0.15) is 5.82 Å². The van der Waals surface area contributed by atoms with Crippen LogP contribution >= 0.6 is 0 Å². The Morgan fingerprint density at radius 1 is 1.42 bits per heavy atom. The van der Waals surface area contributed by atoms with Crippen molar-refractivity contribution in [2.45, 2.75) is 13.0 Å². The van der Waals surface area contributed by atoms with Gasteiger partial charge in [-0.05, 0) is 24.6 Å². The van der Waals surface area contributed by atoms with E-state index in [-0.39, 0.29) is 5.82 Å². The van der Waals surface area contributed by atoms with Crippen molar-refractivity contribution in [1.82, 2.24) is 4.90 Å². The third kappa shape index (κ3) is 4.45. The summed E-state index contributed by atoms with van der Waals surface area (Å²) in [5, 5.41) is 12.9. The van der Waals surface area contributed by atoms with Gasteiger partial charge in [0, 0.05) is 26.2 Å². The minimum absolute atomic E-state index is 0.288. The van der Waals surface area contributed by atoms with E-state index in [1.165, 1.54) is 6.07 Å². The number of aliphatic hydroxyl groups excluding tert-OH is 1. The fourth-order valence-electron chi connectivity index (χ4n) is 2.15. The molecule has 1 fully saturated rings. The predicted molar refractivity (Wildman–Crippen MR) is 72.9 cm³/mol. The molecule has 5 heteroatoms. The molecule has 0 bridgehead atoms. The van der Waals surface area contributed by atoms with Gasteiger partial charge in [0.2, 0.25) is 0 Å². The van der Waals surface area contributed by atoms with Crippen LogP contribution in [-0.4, -0.2) is 55.5 Å². The van der Waals surface area contributed by atoms with Crippen molar-refractivity contribution in [2.24, 2.45) is 0 Å². The normalized spacial score (nSPS) is 18.3. The Kier molecular flexibility index (Phi) is 5.13. The van der Waals surface area contributed by atoms with Crippen LogP contribution in [0.5, 0.6) is 0 Å². The molecule has 1 unspecified atom stereocenters. The van der Waals surface area contributed by atoms with Crippen LogP contribution in [0.25, 0.3) is 0 Å². The zero-order valence-electron chi connectivity index (χ0n) is 11.2. The first kappa shape index (κ1) is 14.2. The largest absolute Gasteiger partial charge is 0.390 e. The molecule has 1 atom stereocenters. The van der Waals surface area contributed by atoms with E-state index in [1.54, 1.807) is 12.1 Å². The van der Waals surface area contributed by atoms with Crippen molar-refractivity contribution >= 4 is 5.69 Å². The Morgan fingerprint density at radius 3 is 2.89 bits per heavy atom. The van der Waals surface area contributed by atoms with E-state index in [0.717, 1.165) is 18.7 Å². The van der Waals surface area contributed by atoms with Gasteiger partial charge in [-0.25, -0.2) is 4.39 Å². The summed E-state index contributed by atoms with van der Waals surface area (Å²) in [6.07, 6.45) is -0.516. The van der Waals surface area contributed by atoms with Crippen LogP contribution in [-0.2, 0) is 4.74 Å². The number of halogens is 1. The molecule has 0 saturated carbocycles. The molecule has 1 saturated heterocycles. The maximum atomic E-state index is 13.5. The molecule has 0 spiro atoms. The Balaban J connectivity index is 1.79. The first-order valence-electron chi connectivity index (χ1n) is 6.63. The molecule has 4 nitrogen and oxygen atoms in total. The first-order valence-corrected chi connectivity index (χ1v) is 6.63. The Labute approximate surface area is 113 Å². The first-order chi connectivity index (χ1) is 9.15. The monoisotopic (exact) mass is 268 g/mol. The minimum atomic E-state index is -0.516. The molecule has 0 amide bonds. The van der Waals surface area contributed by atoms with E-state index in [2.05, 4.69) is 10.2 Å². The number of β-amino-alcohol motifs (C(OH)–C–C–N with tert-alkyl or cyclic N) is 1. The maximum Gasteiger partial charge on any atom is 0.146 e. The van der Waals surface area contributed by atoms with Gasteiger partial charge in [-0.2, -0.15) is 0 Å². The molecular weight excluding hydrogens is 247 g/mol. The number of aliphatic hydroxyl groups is 1. The number of aryl methyl sites for hydroxylation is 1. The molecular formula is C14H21FN2O2. The molecule has 1 heterocycles. The van der Waals surface area contributed by atoms with Crippen molar-refractivity contribution in [3.63, 3.8) is 0 Å². The van der Waals surface area contributed by atoms with Crippen molar-refractivity contribution in [3.8, 4) is 0 Å². The lowest BCUT2D eigenvalue weighted by Gasteiger charge is -2.28. The molecule has 2 rings (SSSR count). The fourth-order valence-corrected chi connectivity index (χ4v) is 2.15. The summed E-state index contributed by atoms with van der Waals surface area (Å²) in [5.41, 5.74) is 1.44. The molecule has 1 aliphatic rings. The van der Waals surface area contributed by atoms with Gasteiger partial charge in [-0.1, -0.05) is 6.07 Å². The van der Waals surface area contributed by atoms with E-state index in [4.69, 9.17) is 4.74 Å². The smallest absolute Gasteiger partial charge is 0.146 e. The van der Waals surface area contributed by atoms with Gasteiger partial charge in [0.15, 0.2) is 0 Å². The predicted octanol–water partition coefficient (Wildman–Crippen LogP) is 1.24. The lowest BCUT2D eigenvalue weighted by Crippen LogP contribution is -2.42. The van der Waals surface area contributed by atoms with E-state index in [0.29, 0.717) is 32.0 Å². The average Bonchev–Trinajstić information content (AvgIpc) is 2.41. The molecule has 19 heavy (non-hydrogen) atoms. The van der Waals surface area contributed by atoms with E-state index < -0.39 is 6.10 Å². The van der Waals surface area contributed by atoms with E-state index >= 15 is 0 Å². The van der Waals surface area contributed by atoms with Crippen LogP contribution in [0.1, 0.15) is 5.56 Å². The van der Waals surface area contributed by atoms with Gasteiger partial charge < -0.3 is 15.2 Å². The zero-order valence-corrected chi connectivity index (χ0v) is 11.2. The summed E-state index contributed by atoms with van der Waals surface area (Å²) >= 11 is 0. The highest BCUT2D eigenvalue weighted by Crippen LogP contribution is 2.15. The highest BCUT2D eigenvalue weighted by atomic mass is 19.1. The number of benzene rings is 1. The molecule has 106 valence electrons. The lowest BCUT2D eigenvalue weighted by atomic mass is 10.2. The van der Waals surface area contributed by atoms with Crippen molar-refractivity contribution in [3.05, 3.63) is 29.6 Å². The summed E-state index contributed by atoms with van der Waals surface area (Å²) in [6.45, 7) is 5.96. The number of rotatable bonds is 5. The van der Waals surface area contributed by atoms with Crippen LogP contribution < -0.4 is 5.32 Å². The second-order valence-electron chi connectivity index (χ2n) is 4.93. The van der Waals surface area contributed by atoms with E-state index in [1.807, 2.05) is 6.92 Å². The van der Waals surface area contributed by atoms with Crippen molar-refractivity contribution < 1.29 is 14.2 Å². The SMILES string of the molecule is Cc1ccc(F)c(NCC(O)CN2CCOCC2)c1. The molecule has 0 aliphatic carbocycles. The highest BCUT2D eigenvalue weighted by molar-refractivity contribution is 5.47. The summed E-state index contributed by atoms with van der Waals surface area (Å²) in [6, 6.07) is 4.91. The minimum Gasteiger partial charge on any atom is -0.390 e. The van der Waals surface area contributed by atoms with Gasteiger partial charge in [0.25, 0.3) is 0 Å². The number of ether oxygens (including phenoxy) is 1. The quantitative estimate of drug-likeness (QED) is 0.843. The number of morpholine rings is 1. The average molecular weight is 268 g/mol. The van der Waals surface area contributed by atoms with Gasteiger partial charge in [-0.15, -0.1) is 0 Å². The number of nitrogens with zero attached hydrogens (tertiary/aromatic N) is 1. The third-order valence-electron chi connectivity index (χ3n) is 3.22. The Hall–Kier alpha value is -1.17. The van der Waals surface area contributed by atoms with Crippen LogP contribution in [0.15, 0.2) is 18.2 Å². The van der Waals surface area contributed by atoms with Crippen LogP contribution in [0.4, 0.5) is 10.1 Å². The Morgan fingerprint density at radius 2 is 2.16 bits per heavy atom. The van der Waals surface area contributed by atoms with E-state index in [9.17, 15) is 9.50 Å². The highest BCUT2D eigenvalue weighted by Gasteiger charge is 2.15. The zero-order chi connectivity index (χ0) is 13.7. The van der Waals surface area contributed by atoms with Crippen molar-refractivity contribution in [1.29, 1.82) is 0 Å². The number of nitrogens with one attached hydrogen (secondary N) is 1. The summed E-state index contributed by atoms with van der Waals surface area (Å²) in [5.74, 6) is -0.288. The number of hydrogen-bond acceptors (Lipinski definition) is 4. The molecule has 1 aromatic carbocycles. The fraction of sp³-hybridized carbons (Fsp3) is 0.571. The number of anilines is 1. The van der Waals surface area contributed by atoms with Gasteiger partial charge in [0.05, 0.1) is 25.0 Å². The summed E-state index contributed by atoms with van der Waals surface area (Å²) in [7, 11) is 0.